The van der Waals surface area contributed by atoms with Crippen LogP contribution in [0.15, 0.2) is 30.3 Å². The number of hydrogen-bond donors (Lipinski definition) is 1. The Morgan fingerprint density at radius 2 is 1.90 bits per heavy atom. The van der Waals surface area contributed by atoms with Crippen LogP contribution in [0.3, 0.4) is 0 Å². The third-order valence-electron chi connectivity index (χ3n) is 5.11. The molecule has 1 N–H and O–H groups in total. The lowest BCUT2D eigenvalue weighted by Gasteiger charge is -2.31. The molecule has 0 saturated heterocycles. The van der Waals surface area contributed by atoms with Gasteiger partial charge < -0.3 is 5.11 Å². The third-order valence-corrected chi connectivity index (χ3v) is 5.11. The normalized spacial score (nSPS) is 24.1. The summed E-state index contributed by atoms with van der Waals surface area (Å²) in [5.74, 6) is 1.29. The summed E-state index contributed by atoms with van der Waals surface area (Å²) < 4.78 is 0. The zero-order chi connectivity index (χ0) is 14.8. The van der Waals surface area contributed by atoms with E-state index in [1.165, 1.54) is 19.3 Å². The standard InChI is InChI=1S/C19H25NO/c1-3-14-5-8-15(9-6-14)19(21)17-10-11-18-16(12-17)7-4-13(2)20-18/h4,7,10-12,14-15,19,21H,3,5-6,8-9H2,1-2H3. The Labute approximate surface area is 127 Å². The highest BCUT2D eigenvalue weighted by atomic mass is 16.3. The maximum absolute atomic E-state index is 10.7. The van der Waals surface area contributed by atoms with Crippen molar-refractivity contribution in [1.29, 1.82) is 0 Å². The summed E-state index contributed by atoms with van der Waals surface area (Å²) in [6.45, 7) is 4.29. The Bertz CT molecular complexity index is 614. The zero-order valence-electron chi connectivity index (χ0n) is 13.0. The average molecular weight is 283 g/mol. The Morgan fingerprint density at radius 1 is 1.14 bits per heavy atom. The van der Waals surface area contributed by atoms with Crippen LogP contribution in [0.1, 0.15) is 56.4 Å². The van der Waals surface area contributed by atoms with E-state index in [-0.39, 0.29) is 6.10 Å². The molecule has 0 radical (unpaired) electrons. The van der Waals surface area contributed by atoms with Crippen molar-refractivity contribution in [3.05, 3.63) is 41.6 Å². The SMILES string of the molecule is CCC1CCC(C(O)c2ccc3nc(C)ccc3c2)CC1. The van der Waals surface area contributed by atoms with Crippen molar-refractivity contribution in [1.82, 2.24) is 4.98 Å². The summed E-state index contributed by atoms with van der Waals surface area (Å²) >= 11 is 0. The number of hydrogen-bond acceptors (Lipinski definition) is 2. The van der Waals surface area contributed by atoms with Gasteiger partial charge in [-0.2, -0.15) is 0 Å². The van der Waals surface area contributed by atoms with Gasteiger partial charge in [0.05, 0.1) is 11.6 Å². The fourth-order valence-corrected chi connectivity index (χ4v) is 3.61. The van der Waals surface area contributed by atoms with Gasteiger partial charge in [0, 0.05) is 11.1 Å². The number of benzene rings is 1. The topological polar surface area (TPSA) is 33.1 Å². The van der Waals surface area contributed by atoms with Crippen molar-refractivity contribution < 1.29 is 5.11 Å². The Hall–Kier alpha value is -1.41. The van der Waals surface area contributed by atoms with E-state index in [2.05, 4.69) is 24.0 Å². The van der Waals surface area contributed by atoms with Crippen LogP contribution in [0.5, 0.6) is 0 Å². The van der Waals surface area contributed by atoms with Gasteiger partial charge in [0.1, 0.15) is 0 Å². The summed E-state index contributed by atoms with van der Waals surface area (Å²) in [7, 11) is 0. The molecule has 1 atom stereocenters. The summed E-state index contributed by atoms with van der Waals surface area (Å²) in [6, 6.07) is 10.3. The second-order valence-electron chi connectivity index (χ2n) is 6.54. The molecule has 1 aromatic carbocycles. The Balaban J connectivity index is 1.78. The van der Waals surface area contributed by atoms with E-state index in [1.807, 2.05) is 25.1 Å². The van der Waals surface area contributed by atoms with Gasteiger partial charge in [0.25, 0.3) is 0 Å². The highest BCUT2D eigenvalue weighted by Crippen LogP contribution is 2.38. The number of pyridine rings is 1. The van der Waals surface area contributed by atoms with Gasteiger partial charge in [-0.05, 0) is 55.4 Å². The molecule has 1 aliphatic rings. The lowest BCUT2D eigenvalue weighted by molar-refractivity contribution is 0.0730. The predicted molar refractivity (Wildman–Crippen MR) is 87.2 cm³/mol. The minimum Gasteiger partial charge on any atom is -0.388 e. The van der Waals surface area contributed by atoms with Gasteiger partial charge in [-0.3, -0.25) is 4.98 Å². The van der Waals surface area contributed by atoms with E-state index in [1.54, 1.807) is 0 Å². The van der Waals surface area contributed by atoms with Crippen LogP contribution >= 0.6 is 0 Å². The molecule has 2 aromatic rings. The van der Waals surface area contributed by atoms with E-state index in [4.69, 9.17) is 0 Å². The zero-order valence-corrected chi connectivity index (χ0v) is 13.0. The number of rotatable bonds is 3. The minimum atomic E-state index is -0.325. The first-order valence-corrected chi connectivity index (χ1v) is 8.22. The van der Waals surface area contributed by atoms with Crippen molar-refractivity contribution in [3.63, 3.8) is 0 Å². The van der Waals surface area contributed by atoms with Crippen LogP contribution in [0.25, 0.3) is 10.9 Å². The van der Waals surface area contributed by atoms with Crippen molar-refractivity contribution in [2.24, 2.45) is 11.8 Å². The first kappa shape index (κ1) is 14.5. The minimum absolute atomic E-state index is 0.325. The van der Waals surface area contributed by atoms with Crippen molar-refractivity contribution >= 4 is 10.9 Å². The summed E-state index contributed by atoms with van der Waals surface area (Å²) in [4.78, 5) is 4.53. The molecule has 2 nitrogen and oxygen atoms in total. The molecule has 3 rings (SSSR count). The molecule has 1 fully saturated rings. The first-order chi connectivity index (χ1) is 10.2. The Kier molecular flexibility index (Phi) is 4.25. The van der Waals surface area contributed by atoms with E-state index >= 15 is 0 Å². The first-order valence-electron chi connectivity index (χ1n) is 8.22. The maximum atomic E-state index is 10.7. The predicted octanol–water partition coefficient (Wildman–Crippen LogP) is 4.79. The highest BCUT2D eigenvalue weighted by Gasteiger charge is 2.26. The van der Waals surface area contributed by atoms with E-state index < -0.39 is 0 Å². The summed E-state index contributed by atoms with van der Waals surface area (Å²) in [5, 5.41) is 11.8. The molecule has 0 aliphatic heterocycles. The molecule has 1 aromatic heterocycles. The van der Waals surface area contributed by atoms with Crippen LogP contribution in [0.4, 0.5) is 0 Å². The number of aliphatic hydroxyl groups is 1. The van der Waals surface area contributed by atoms with Gasteiger partial charge in [-0.15, -0.1) is 0 Å². The lowest BCUT2D eigenvalue weighted by Crippen LogP contribution is -2.20. The largest absolute Gasteiger partial charge is 0.388 e. The van der Waals surface area contributed by atoms with E-state index in [0.717, 1.165) is 40.9 Å². The van der Waals surface area contributed by atoms with Crippen LogP contribution in [-0.2, 0) is 0 Å². The molecular weight excluding hydrogens is 258 g/mol. The van der Waals surface area contributed by atoms with Crippen molar-refractivity contribution in [2.45, 2.75) is 52.1 Å². The number of aryl methyl sites for hydroxylation is 1. The van der Waals surface area contributed by atoms with Crippen LogP contribution in [-0.4, -0.2) is 10.1 Å². The maximum Gasteiger partial charge on any atom is 0.0818 e. The van der Waals surface area contributed by atoms with E-state index in [0.29, 0.717) is 5.92 Å². The fraction of sp³-hybridized carbons (Fsp3) is 0.526. The summed E-state index contributed by atoms with van der Waals surface area (Å²) in [6.07, 6.45) is 5.81. The van der Waals surface area contributed by atoms with Gasteiger partial charge in [-0.1, -0.05) is 38.3 Å². The van der Waals surface area contributed by atoms with Crippen LogP contribution < -0.4 is 0 Å². The second kappa shape index (κ2) is 6.15. The molecule has 1 aliphatic carbocycles. The lowest BCUT2D eigenvalue weighted by atomic mass is 9.77. The molecule has 2 heteroatoms. The van der Waals surface area contributed by atoms with E-state index in [9.17, 15) is 5.11 Å². The molecule has 0 bridgehead atoms. The number of fused-ring (bicyclic) bond motifs is 1. The van der Waals surface area contributed by atoms with Crippen LogP contribution in [0, 0.1) is 18.8 Å². The molecule has 1 heterocycles. The molecule has 0 amide bonds. The second-order valence-corrected chi connectivity index (χ2v) is 6.54. The molecule has 1 unspecified atom stereocenters. The highest BCUT2D eigenvalue weighted by molar-refractivity contribution is 5.79. The fourth-order valence-electron chi connectivity index (χ4n) is 3.61. The number of nitrogens with zero attached hydrogens (tertiary/aromatic N) is 1. The van der Waals surface area contributed by atoms with Crippen LogP contribution in [0.2, 0.25) is 0 Å². The Morgan fingerprint density at radius 3 is 2.62 bits per heavy atom. The van der Waals surface area contributed by atoms with Gasteiger partial charge in [0.15, 0.2) is 0 Å². The van der Waals surface area contributed by atoms with Gasteiger partial charge in [0.2, 0.25) is 0 Å². The van der Waals surface area contributed by atoms with Crippen molar-refractivity contribution in [3.8, 4) is 0 Å². The van der Waals surface area contributed by atoms with Gasteiger partial charge >= 0.3 is 0 Å². The smallest absolute Gasteiger partial charge is 0.0818 e. The average Bonchev–Trinajstić information content (AvgIpc) is 2.53. The quantitative estimate of drug-likeness (QED) is 0.878. The third kappa shape index (κ3) is 3.11. The number of aliphatic hydroxyl groups excluding tert-OH is 1. The molecule has 112 valence electrons. The monoisotopic (exact) mass is 283 g/mol. The van der Waals surface area contributed by atoms with Crippen molar-refractivity contribution in [2.75, 3.05) is 0 Å². The molecule has 1 saturated carbocycles. The summed E-state index contributed by atoms with van der Waals surface area (Å²) in [5.41, 5.74) is 3.10. The molecular formula is C19H25NO. The molecule has 0 spiro atoms. The molecule has 21 heavy (non-hydrogen) atoms. The van der Waals surface area contributed by atoms with Gasteiger partial charge in [-0.25, -0.2) is 0 Å². The number of aromatic nitrogens is 1.